The Hall–Kier alpha value is -0.570. The molecule has 14 heavy (non-hydrogen) atoms. The molecule has 0 amide bonds. The number of ether oxygens (including phenoxy) is 1. The first-order valence-electron chi connectivity index (χ1n) is 4.83. The Bertz CT molecular complexity index is 321. The van der Waals surface area contributed by atoms with Gasteiger partial charge in [-0.25, -0.2) is 0 Å². The van der Waals surface area contributed by atoms with Gasteiger partial charge in [-0.3, -0.25) is 0 Å². The molecule has 0 saturated carbocycles. The van der Waals surface area contributed by atoms with E-state index >= 15 is 0 Å². The second-order valence-electron chi connectivity index (χ2n) is 3.78. The molecule has 2 rings (SSSR count). The van der Waals surface area contributed by atoms with Crippen LogP contribution in [-0.2, 0) is 10.3 Å². The van der Waals surface area contributed by atoms with Gasteiger partial charge in [0.1, 0.15) is 0 Å². The zero-order chi connectivity index (χ0) is 10.0. The minimum Gasteiger partial charge on any atom is -0.381 e. The predicted molar refractivity (Wildman–Crippen MR) is 57.4 cm³/mol. The minimum atomic E-state index is -0.247. The summed E-state index contributed by atoms with van der Waals surface area (Å²) in [4.78, 5) is 0. The van der Waals surface area contributed by atoms with Crippen LogP contribution < -0.4 is 5.73 Å². The fourth-order valence-corrected chi connectivity index (χ4v) is 2.01. The van der Waals surface area contributed by atoms with E-state index in [0.29, 0.717) is 0 Å². The number of benzene rings is 1. The molecule has 0 aromatic heterocycles. The molecule has 0 bridgehead atoms. The maximum Gasteiger partial charge on any atom is 0.0486 e. The van der Waals surface area contributed by atoms with Crippen LogP contribution >= 0.6 is 11.6 Å². The Kier molecular flexibility index (Phi) is 2.77. The van der Waals surface area contributed by atoms with Crippen molar-refractivity contribution < 1.29 is 4.74 Å². The molecule has 1 fully saturated rings. The van der Waals surface area contributed by atoms with Crippen LogP contribution in [0.4, 0.5) is 0 Å². The van der Waals surface area contributed by atoms with Gasteiger partial charge in [-0.1, -0.05) is 23.7 Å². The molecule has 3 heteroatoms. The van der Waals surface area contributed by atoms with Crippen molar-refractivity contribution in [2.45, 2.75) is 18.4 Å². The van der Waals surface area contributed by atoms with Crippen molar-refractivity contribution in [3.8, 4) is 0 Å². The largest absolute Gasteiger partial charge is 0.381 e. The molecule has 0 radical (unpaired) electrons. The van der Waals surface area contributed by atoms with Crippen LogP contribution in [0.2, 0.25) is 5.02 Å². The van der Waals surface area contributed by atoms with Crippen LogP contribution in [0.3, 0.4) is 0 Å². The van der Waals surface area contributed by atoms with E-state index in [9.17, 15) is 0 Å². The number of hydrogen-bond acceptors (Lipinski definition) is 2. The molecule has 1 aliphatic rings. The third-order valence-corrected chi connectivity index (χ3v) is 3.02. The highest BCUT2D eigenvalue weighted by Crippen LogP contribution is 2.30. The maximum atomic E-state index is 6.31. The van der Waals surface area contributed by atoms with Crippen LogP contribution in [0.1, 0.15) is 18.4 Å². The van der Waals surface area contributed by atoms with Crippen molar-refractivity contribution in [3.05, 3.63) is 34.9 Å². The van der Waals surface area contributed by atoms with Gasteiger partial charge >= 0.3 is 0 Å². The lowest BCUT2D eigenvalue weighted by atomic mass is 9.84. The third kappa shape index (κ3) is 1.92. The van der Waals surface area contributed by atoms with Crippen LogP contribution in [-0.4, -0.2) is 13.2 Å². The zero-order valence-corrected chi connectivity index (χ0v) is 8.76. The molecule has 0 aliphatic carbocycles. The van der Waals surface area contributed by atoms with Gasteiger partial charge in [0.15, 0.2) is 0 Å². The summed E-state index contributed by atoms with van der Waals surface area (Å²) in [6, 6.07) is 7.81. The lowest BCUT2D eigenvalue weighted by molar-refractivity contribution is 0.0522. The highest BCUT2D eigenvalue weighted by atomic mass is 35.5. The number of nitrogens with two attached hydrogens (primary N) is 1. The Morgan fingerprint density at radius 1 is 1.29 bits per heavy atom. The zero-order valence-electron chi connectivity index (χ0n) is 8.00. The SMILES string of the molecule is NC1(c2cccc(Cl)c2)CCOCC1. The van der Waals surface area contributed by atoms with Crippen molar-refractivity contribution in [2.75, 3.05) is 13.2 Å². The topological polar surface area (TPSA) is 35.2 Å². The van der Waals surface area contributed by atoms with E-state index in [1.54, 1.807) is 0 Å². The third-order valence-electron chi connectivity index (χ3n) is 2.78. The van der Waals surface area contributed by atoms with Crippen molar-refractivity contribution >= 4 is 11.6 Å². The van der Waals surface area contributed by atoms with Crippen molar-refractivity contribution in [1.82, 2.24) is 0 Å². The lowest BCUT2D eigenvalue weighted by Crippen LogP contribution is -2.42. The van der Waals surface area contributed by atoms with E-state index < -0.39 is 0 Å². The fraction of sp³-hybridized carbons (Fsp3) is 0.455. The smallest absolute Gasteiger partial charge is 0.0486 e. The average Bonchev–Trinajstić information content (AvgIpc) is 2.19. The Balaban J connectivity index is 2.28. The van der Waals surface area contributed by atoms with Crippen LogP contribution in [0, 0.1) is 0 Å². The van der Waals surface area contributed by atoms with E-state index in [-0.39, 0.29) is 5.54 Å². The molecule has 1 aliphatic heterocycles. The second kappa shape index (κ2) is 3.89. The monoisotopic (exact) mass is 211 g/mol. The number of halogens is 1. The molecular formula is C11H14ClNO. The van der Waals surface area contributed by atoms with Crippen molar-refractivity contribution in [2.24, 2.45) is 5.73 Å². The van der Waals surface area contributed by atoms with E-state index in [2.05, 4.69) is 0 Å². The molecular weight excluding hydrogens is 198 g/mol. The number of hydrogen-bond donors (Lipinski definition) is 1. The summed E-state index contributed by atoms with van der Waals surface area (Å²) >= 11 is 5.94. The van der Waals surface area contributed by atoms with Gasteiger partial charge < -0.3 is 10.5 Å². The quantitative estimate of drug-likeness (QED) is 0.774. The fourth-order valence-electron chi connectivity index (χ4n) is 1.82. The minimum absolute atomic E-state index is 0.247. The van der Waals surface area contributed by atoms with Crippen LogP contribution in [0.5, 0.6) is 0 Å². The van der Waals surface area contributed by atoms with Gasteiger partial charge in [0.05, 0.1) is 0 Å². The van der Waals surface area contributed by atoms with Crippen molar-refractivity contribution in [1.29, 1.82) is 0 Å². The average molecular weight is 212 g/mol. The predicted octanol–water partition coefficient (Wildman–Crippen LogP) is 2.30. The molecule has 1 saturated heterocycles. The van der Waals surface area contributed by atoms with Gasteiger partial charge in [-0.2, -0.15) is 0 Å². The maximum absolute atomic E-state index is 6.31. The Morgan fingerprint density at radius 2 is 2.00 bits per heavy atom. The van der Waals surface area contributed by atoms with Crippen LogP contribution in [0.15, 0.2) is 24.3 Å². The van der Waals surface area contributed by atoms with E-state index in [4.69, 9.17) is 22.1 Å². The first-order chi connectivity index (χ1) is 6.71. The molecule has 0 atom stereocenters. The first-order valence-corrected chi connectivity index (χ1v) is 5.21. The van der Waals surface area contributed by atoms with E-state index in [1.165, 1.54) is 0 Å². The van der Waals surface area contributed by atoms with Gasteiger partial charge in [-0.15, -0.1) is 0 Å². The highest BCUT2D eigenvalue weighted by Gasteiger charge is 2.29. The van der Waals surface area contributed by atoms with E-state index in [0.717, 1.165) is 36.6 Å². The summed E-state index contributed by atoms with van der Waals surface area (Å²) in [6.07, 6.45) is 1.74. The summed E-state index contributed by atoms with van der Waals surface area (Å²) in [5, 5.41) is 0.749. The van der Waals surface area contributed by atoms with Crippen LogP contribution in [0.25, 0.3) is 0 Å². The molecule has 0 unspecified atom stereocenters. The van der Waals surface area contributed by atoms with Gasteiger partial charge in [0.2, 0.25) is 0 Å². The molecule has 2 N–H and O–H groups in total. The second-order valence-corrected chi connectivity index (χ2v) is 4.22. The molecule has 0 spiro atoms. The lowest BCUT2D eigenvalue weighted by Gasteiger charge is -2.33. The molecule has 76 valence electrons. The first kappa shape index (κ1) is 9.97. The summed E-state index contributed by atoms with van der Waals surface area (Å²) in [5.41, 5.74) is 7.18. The Labute approximate surface area is 89.0 Å². The van der Waals surface area contributed by atoms with Gasteiger partial charge in [0, 0.05) is 23.8 Å². The summed E-state index contributed by atoms with van der Waals surface area (Å²) < 4.78 is 5.30. The number of rotatable bonds is 1. The molecule has 1 aromatic rings. The highest BCUT2D eigenvalue weighted by molar-refractivity contribution is 6.30. The van der Waals surface area contributed by atoms with Gasteiger partial charge in [0.25, 0.3) is 0 Å². The standard InChI is InChI=1S/C11H14ClNO/c12-10-3-1-2-9(8-10)11(13)4-6-14-7-5-11/h1-3,8H,4-7,13H2. The Morgan fingerprint density at radius 3 is 2.64 bits per heavy atom. The summed E-state index contributed by atoms with van der Waals surface area (Å²) in [6.45, 7) is 1.48. The van der Waals surface area contributed by atoms with Gasteiger partial charge in [-0.05, 0) is 30.5 Å². The molecule has 1 heterocycles. The normalized spacial score (nSPS) is 20.7. The summed E-state index contributed by atoms with van der Waals surface area (Å²) in [5.74, 6) is 0. The molecule has 1 aromatic carbocycles. The van der Waals surface area contributed by atoms with E-state index in [1.807, 2.05) is 24.3 Å². The van der Waals surface area contributed by atoms with Crippen molar-refractivity contribution in [3.63, 3.8) is 0 Å². The summed E-state index contributed by atoms with van der Waals surface area (Å²) in [7, 11) is 0. The molecule has 2 nitrogen and oxygen atoms in total.